The number of rotatable bonds is 16. The molecule has 0 unspecified atom stereocenters. The molecule has 0 bridgehead atoms. The lowest BCUT2D eigenvalue weighted by Crippen LogP contribution is -2.38. The molecule has 0 aliphatic heterocycles. The molecule has 224 valence electrons. The van der Waals surface area contributed by atoms with Gasteiger partial charge in [-0.3, -0.25) is 0 Å². The minimum atomic E-state index is 0.164. The second-order valence-electron chi connectivity index (χ2n) is 10.5. The van der Waals surface area contributed by atoms with Crippen molar-refractivity contribution in [3.8, 4) is 0 Å². The van der Waals surface area contributed by atoms with Crippen molar-refractivity contribution in [1.82, 2.24) is 0 Å². The maximum Gasteiger partial charge on any atom is 0.169 e. The third-order valence-electron chi connectivity index (χ3n) is 7.62. The smallest absolute Gasteiger partial charge is 0.169 e. The van der Waals surface area contributed by atoms with Crippen LogP contribution >= 0.6 is 0 Å². The van der Waals surface area contributed by atoms with Crippen LogP contribution in [0.25, 0.3) is 24.3 Å². The van der Waals surface area contributed by atoms with Crippen molar-refractivity contribution < 1.29 is 19.3 Å². The second-order valence-corrected chi connectivity index (χ2v) is 10.5. The Morgan fingerprint density at radius 1 is 0.512 bits per heavy atom. The van der Waals surface area contributed by atoms with Gasteiger partial charge in [-0.1, -0.05) is 48.6 Å². The zero-order valence-electron chi connectivity index (χ0n) is 25.6. The fourth-order valence-electron chi connectivity index (χ4n) is 5.05. The molecule has 0 atom stereocenters. The molecule has 43 heavy (non-hydrogen) atoms. The minimum absolute atomic E-state index is 0.164. The zero-order valence-corrected chi connectivity index (χ0v) is 25.6. The van der Waals surface area contributed by atoms with Gasteiger partial charge >= 0.3 is 0 Å². The lowest BCUT2D eigenvalue weighted by Gasteiger charge is -2.21. The van der Waals surface area contributed by atoms with E-state index in [4.69, 9.17) is 0 Å². The molecule has 0 spiro atoms. The highest BCUT2D eigenvalue weighted by Gasteiger charge is 2.06. The first kappa shape index (κ1) is 31.7. The number of aliphatic hydroxyl groups is 2. The largest absolute Gasteiger partial charge is 0.395 e. The van der Waals surface area contributed by atoms with E-state index in [9.17, 15) is 10.2 Å². The molecule has 0 saturated carbocycles. The minimum Gasteiger partial charge on any atom is -0.395 e. The van der Waals surface area contributed by atoms with Crippen molar-refractivity contribution in [2.24, 2.45) is 0 Å². The van der Waals surface area contributed by atoms with Crippen LogP contribution in [0, 0.1) is 0 Å². The van der Waals surface area contributed by atoms with Gasteiger partial charge in [0.05, 0.1) is 19.6 Å². The number of hydrogen-bond donors (Lipinski definition) is 2. The van der Waals surface area contributed by atoms with Gasteiger partial charge < -0.3 is 20.0 Å². The quantitative estimate of drug-likeness (QED) is 0.177. The molecule has 2 aromatic heterocycles. The average Bonchev–Trinajstić information content (AvgIpc) is 3.06. The third kappa shape index (κ3) is 9.91. The summed E-state index contributed by atoms with van der Waals surface area (Å²) in [6.07, 6.45) is 18.2. The van der Waals surface area contributed by atoms with Crippen LogP contribution in [0.5, 0.6) is 0 Å². The van der Waals surface area contributed by atoms with Crippen molar-refractivity contribution >= 4 is 35.7 Å². The zero-order chi connectivity index (χ0) is 30.3. The van der Waals surface area contributed by atoms with Crippen LogP contribution < -0.4 is 18.9 Å². The molecular formula is C37H46N4O2+2. The topological polar surface area (TPSA) is 54.7 Å². The predicted octanol–water partition coefficient (Wildman–Crippen LogP) is 5.33. The first-order valence-corrected chi connectivity index (χ1v) is 15.4. The molecule has 4 aromatic rings. The lowest BCUT2D eigenvalue weighted by atomic mass is 10.1. The molecule has 6 heteroatoms. The lowest BCUT2D eigenvalue weighted by molar-refractivity contribution is -0.726. The first-order chi connectivity index (χ1) is 21.1. The van der Waals surface area contributed by atoms with E-state index in [1.165, 1.54) is 11.1 Å². The van der Waals surface area contributed by atoms with Crippen molar-refractivity contribution in [3.63, 3.8) is 0 Å². The summed E-state index contributed by atoms with van der Waals surface area (Å²) in [6.45, 7) is 9.53. The van der Waals surface area contributed by atoms with Gasteiger partial charge in [-0.15, -0.1) is 0 Å². The van der Waals surface area contributed by atoms with Crippen molar-refractivity contribution in [2.75, 3.05) is 49.2 Å². The molecule has 2 aromatic carbocycles. The Bertz CT molecular complexity index is 1300. The van der Waals surface area contributed by atoms with Gasteiger partial charge in [0.1, 0.15) is 0 Å². The summed E-state index contributed by atoms with van der Waals surface area (Å²) in [5.74, 6) is 0. The predicted molar refractivity (Wildman–Crippen MR) is 179 cm³/mol. The number of hydrogen-bond acceptors (Lipinski definition) is 4. The fourth-order valence-corrected chi connectivity index (χ4v) is 5.05. The van der Waals surface area contributed by atoms with E-state index in [2.05, 4.69) is 155 Å². The van der Waals surface area contributed by atoms with E-state index >= 15 is 0 Å². The number of nitrogens with zero attached hydrogens (tertiary/aromatic N) is 4. The Morgan fingerprint density at radius 2 is 0.837 bits per heavy atom. The third-order valence-corrected chi connectivity index (χ3v) is 7.62. The standard InChI is InChI=1S/C37H46N4O2/c1-3-40(28-30-42)36-14-10-32(11-15-36)6-8-34-18-24-38(25-19-34)22-5-23-39-26-20-35(21-27-39)9-7-33-12-16-37(17-13-33)41(4-2)29-31-43/h6-21,24-27,42-43H,3-5,22-23,28-31H2,1-2H3/q+2. The monoisotopic (exact) mass is 578 g/mol. The van der Waals surface area contributed by atoms with Crippen LogP contribution in [-0.4, -0.2) is 49.6 Å². The van der Waals surface area contributed by atoms with E-state index in [1.807, 2.05) is 0 Å². The molecule has 2 N–H and O–H groups in total. The Morgan fingerprint density at radius 3 is 1.14 bits per heavy atom. The van der Waals surface area contributed by atoms with E-state index in [0.717, 1.165) is 55.1 Å². The molecule has 4 rings (SSSR count). The van der Waals surface area contributed by atoms with E-state index < -0.39 is 0 Å². The Hall–Kier alpha value is -4.26. The summed E-state index contributed by atoms with van der Waals surface area (Å²) in [7, 11) is 0. The van der Waals surface area contributed by atoms with Gasteiger partial charge in [0.2, 0.25) is 0 Å². The molecule has 0 amide bonds. The summed E-state index contributed by atoms with van der Waals surface area (Å²) in [4.78, 5) is 4.33. The molecule has 2 heterocycles. The molecular weight excluding hydrogens is 532 g/mol. The van der Waals surface area contributed by atoms with Crippen LogP contribution in [-0.2, 0) is 13.1 Å². The van der Waals surface area contributed by atoms with Crippen LogP contribution in [0.4, 0.5) is 11.4 Å². The normalized spacial score (nSPS) is 11.4. The van der Waals surface area contributed by atoms with Crippen LogP contribution in [0.15, 0.2) is 97.6 Å². The maximum atomic E-state index is 9.24. The number of aryl methyl sites for hydroxylation is 2. The van der Waals surface area contributed by atoms with Crippen molar-refractivity contribution in [1.29, 1.82) is 0 Å². The average molecular weight is 579 g/mol. The van der Waals surface area contributed by atoms with E-state index in [-0.39, 0.29) is 13.2 Å². The maximum absolute atomic E-state index is 9.24. The number of aliphatic hydroxyl groups excluding tert-OH is 2. The Balaban J connectivity index is 1.21. The van der Waals surface area contributed by atoms with Gasteiger partial charge in [0.25, 0.3) is 0 Å². The SMILES string of the molecule is CCN(CCO)c1ccc(/C=C/c2cc[n+](CCC[n+]3ccc(/C=C/c4ccc(N(CC)CCO)cc4)cc3)cc2)cc1. The van der Waals surface area contributed by atoms with Crippen LogP contribution in [0.2, 0.25) is 0 Å². The number of pyridine rings is 2. The summed E-state index contributed by atoms with van der Waals surface area (Å²) in [5, 5.41) is 18.5. The number of likely N-dealkylation sites (N-methyl/N-ethyl adjacent to an activating group) is 2. The van der Waals surface area contributed by atoms with E-state index in [1.54, 1.807) is 0 Å². The highest BCUT2D eigenvalue weighted by atomic mass is 16.3. The fraction of sp³-hybridized carbons (Fsp3) is 0.297. The summed E-state index contributed by atoms with van der Waals surface area (Å²) < 4.78 is 4.47. The number of anilines is 2. The number of benzene rings is 2. The highest BCUT2D eigenvalue weighted by Crippen LogP contribution is 2.18. The van der Waals surface area contributed by atoms with Gasteiger partial charge in [-0.05, 0) is 60.4 Å². The highest BCUT2D eigenvalue weighted by molar-refractivity contribution is 5.71. The molecule has 0 saturated heterocycles. The summed E-state index contributed by atoms with van der Waals surface area (Å²) in [5.41, 5.74) is 6.94. The second kappa shape index (κ2) is 17.0. The molecule has 0 aliphatic rings. The summed E-state index contributed by atoms with van der Waals surface area (Å²) >= 11 is 0. The van der Waals surface area contributed by atoms with Gasteiger partial charge in [0, 0.05) is 61.8 Å². The Labute approximate surface area is 257 Å². The molecule has 6 nitrogen and oxygen atoms in total. The van der Waals surface area contributed by atoms with E-state index in [0.29, 0.717) is 13.1 Å². The van der Waals surface area contributed by atoms with Gasteiger partial charge in [-0.25, -0.2) is 9.13 Å². The van der Waals surface area contributed by atoms with Crippen molar-refractivity contribution in [3.05, 3.63) is 120 Å². The first-order valence-electron chi connectivity index (χ1n) is 15.4. The summed E-state index contributed by atoms with van der Waals surface area (Å²) in [6, 6.07) is 25.6. The van der Waals surface area contributed by atoms with Crippen LogP contribution in [0.3, 0.4) is 0 Å². The van der Waals surface area contributed by atoms with Crippen LogP contribution in [0.1, 0.15) is 42.5 Å². The van der Waals surface area contributed by atoms with Crippen molar-refractivity contribution in [2.45, 2.75) is 33.4 Å². The van der Waals surface area contributed by atoms with Gasteiger partial charge in [-0.2, -0.15) is 0 Å². The van der Waals surface area contributed by atoms with Gasteiger partial charge in [0.15, 0.2) is 37.9 Å². The number of aromatic nitrogens is 2. The molecule has 0 aliphatic carbocycles. The molecule has 0 fully saturated rings. The Kier molecular flexibility index (Phi) is 12.5. The molecule has 0 radical (unpaired) electrons.